The van der Waals surface area contributed by atoms with Crippen molar-refractivity contribution in [1.82, 2.24) is 9.97 Å². The summed E-state index contributed by atoms with van der Waals surface area (Å²) in [6.45, 7) is 0. The topological polar surface area (TPSA) is 25.8 Å². The molecule has 15 heavy (non-hydrogen) atoms. The third-order valence-electron chi connectivity index (χ3n) is 1.77. The van der Waals surface area contributed by atoms with Gasteiger partial charge in [0.15, 0.2) is 5.16 Å². The van der Waals surface area contributed by atoms with E-state index in [1.54, 1.807) is 23.5 Å². The molecule has 0 aliphatic rings. The Labute approximate surface area is 97.5 Å². The predicted molar refractivity (Wildman–Crippen MR) is 64.4 cm³/mol. The molecule has 0 spiro atoms. The molecule has 76 valence electrons. The smallest absolute Gasteiger partial charge is 0.187 e. The van der Waals surface area contributed by atoms with Crippen LogP contribution in [0.2, 0.25) is 0 Å². The lowest BCUT2D eigenvalue weighted by Gasteiger charge is -2.00. The van der Waals surface area contributed by atoms with Gasteiger partial charge in [0.25, 0.3) is 0 Å². The summed E-state index contributed by atoms with van der Waals surface area (Å²) in [7, 11) is 0. The van der Waals surface area contributed by atoms with E-state index in [0.717, 1.165) is 10.1 Å². The molecule has 0 fully saturated rings. The Kier molecular flexibility index (Phi) is 3.64. The maximum atomic E-state index is 4.22. The van der Waals surface area contributed by atoms with E-state index in [-0.39, 0.29) is 0 Å². The van der Waals surface area contributed by atoms with Crippen LogP contribution in [0.15, 0.2) is 57.7 Å². The van der Waals surface area contributed by atoms with Crippen molar-refractivity contribution in [3.05, 3.63) is 42.7 Å². The SMILES string of the molecule is CSc1ncc(Sc2ccccc2)cn1. The van der Waals surface area contributed by atoms with Crippen LogP contribution in [0.4, 0.5) is 0 Å². The molecule has 0 bridgehead atoms. The largest absolute Gasteiger partial charge is 0.230 e. The highest BCUT2D eigenvalue weighted by atomic mass is 32.2. The molecule has 2 aromatic rings. The molecule has 0 saturated carbocycles. The van der Waals surface area contributed by atoms with Crippen molar-refractivity contribution in [2.75, 3.05) is 6.26 Å². The van der Waals surface area contributed by atoms with Gasteiger partial charge in [-0.25, -0.2) is 9.97 Å². The fraction of sp³-hybridized carbons (Fsp3) is 0.0909. The summed E-state index contributed by atoms with van der Waals surface area (Å²) in [5.74, 6) is 0. The van der Waals surface area contributed by atoms with E-state index >= 15 is 0 Å². The minimum absolute atomic E-state index is 0.812. The molecule has 0 unspecified atom stereocenters. The van der Waals surface area contributed by atoms with E-state index in [0.29, 0.717) is 0 Å². The number of thioether (sulfide) groups is 1. The van der Waals surface area contributed by atoms with Crippen molar-refractivity contribution in [2.45, 2.75) is 14.9 Å². The van der Waals surface area contributed by atoms with Crippen LogP contribution in [0.5, 0.6) is 0 Å². The van der Waals surface area contributed by atoms with Crippen molar-refractivity contribution in [2.24, 2.45) is 0 Å². The van der Waals surface area contributed by atoms with E-state index < -0.39 is 0 Å². The summed E-state index contributed by atoms with van der Waals surface area (Å²) < 4.78 is 0. The number of aromatic nitrogens is 2. The average molecular weight is 234 g/mol. The molecule has 0 radical (unpaired) electrons. The summed E-state index contributed by atoms with van der Waals surface area (Å²) in [5.41, 5.74) is 0. The van der Waals surface area contributed by atoms with Crippen LogP contribution in [0.25, 0.3) is 0 Å². The van der Waals surface area contributed by atoms with Gasteiger partial charge in [0.05, 0.1) is 0 Å². The second kappa shape index (κ2) is 5.19. The molecule has 1 aromatic heterocycles. The van der Waals surface area contributed by atoms with Crippen molar-refractivity contribution < 1.29 is 0 Å². The Balaban J connectivity index is 2.11. The Bertz CT molecular complexity index is 414. The monoisotopic (exact) mass is 234 g/mol. The lowest BCUT2D eigenvalue weighted by molar-refractivity contribution is 0.933. The molecule has 1 heterocycles. The van der Waals surface area contributed by atoms with Gasteiger partial charge in [-0.2, -0.15) is 0 Å². The quantitative estimate of drug-likeness (QED) is 0.601. The minimum atomic E-state index is 0.812. The Morgan fingerprint density at radius 3 is 2.20 bits per heavy atom. The first-order valence-electron chi connectivity index (χ1n) is 4.47. The molecule has 4 heteroatoms. The van der Waals surface area contributed by atoms with E-state index in [4.69, 9.17) is 0 Å². The van der Waals surface area contributed by atoms with Gasteiger partial charge < -0.3 is 0 Å². The average Bonchev–Trinajstić information content (AvgIpc) is 2.31. The third-order valence-corrected chi connectivity index (χ3v) is 3.30. The van der Waals surface area contributed by atoms with Gasteiger partial charge in [-0.1, -0.05) is 41.7 Å². The zero-order valence-corrected chi connectivity index (χ0v) is 9.89. The summed E-state index contributed by atoms with van der Waals surface area (Å²) >= 11 is 3.22. The Hall–Kier alpha value is -1.00. The zero-order valence-electron chi connectivity index (χ0n) is 8.25. The van der Waals surface area contributed by atoms with Gasteiger partial charge in [0, 0.05) is 22.2 Å². The normalized spacial score (nSPS) is 10.2. The molecular formula is C11H10N2S2. The molecule has 0 atom stereocenters. The molecule has 0 saturated heterocycles. The summed E-state index contributed by atoms with van der Waals surface area (Å²) in [6, 6.07) is 10.2. The van der Waals surface area contributed by atoms with Crippen molar-refractivity contribution >= 4 is 23.5 Å². The molecule has 0 N–H and O–H groups in total. The number of hydrogen-bond acceptors (Lipinski definition) is 4. The summed E-state index contributed by atoms with van der Waals surface area (Å²) in [6.07, 6.45) is 5.69. The number of benzene rings is 1. The van der Waals surface area contributed by atoms with Crippen LogP contribution in [0.3, 0.4) is 0 Å². The molecule has 0 aliphatic heterocycles. The van der Waals surface area contributed by atoms with Crippen molar-refractivity contribution in [1.29, 1.82) is 0 Å². The maximum Gasteiger partial charge on any atom is 0.187 e. The van der Waals surface area contributed by atoms with E-state index in [9.17, 15) is 0 Å². The van der Waals surface area contributed by atoms with Crippen LogP contribution < -0.4 is 0 Å². The standard InChI is InChI=1S/C11H10N2S2/c1-14-11-12-7-10(8-13-11)15-9-5-3-2-4-6-9/h2-8H,1H3. The van der Waals surface area contributed by atoms with Crippen LogP contribution in [-0.4, -0.2) is 16.2 Å². The fourth-order valence-electron chi connectivity index (χ4n) is 1.09. The number of hydrogen-bond donors (Lipinski definition) is 0. The first kappa shape index (κ1) is 10.5. The fourth-order valence-corrected chi connectivity index (χ4v) is 2.18. The Morgan fingerprint density at radius 1 is 0.933 bits per heavy atom. The highest BCUT2D eigenvalue weighted by Gasteiger charge is 1.98. The summed E-state index contributed by atoms with van der Waals surface area (Å²) in [4.78, 5) is 10.7. The summed E-state index contributed by atoms with van der Waals surface area (Å²) in [5, 5.41) is 0.812. The van der Waals surface area contributed by atoms with Crippen LogP contribution in [0, 0.1) is 0 Å². The highest BCUT2D eigenvalue weighted by Crippen LogP contribution is 2.26. The Morgan fingerprint density at radius 2 is 1.60 bits per heavy atom. The third kappa shape index (κ3) is 2.97. The lowest BCUT2D eigenvalue weighted by Crippen LogP contribution is -1.84. The second-order valence-corrected chi connectivity index (χ2v) is 4.74. The number of rotatable bonds is 3. The van der Waals surface area contributed by atoms with Crippen molar-refractivity contribution in [3.63, 3.8) is 0 Å². The van der Waals surface area contributed by atoms with Gasteiger partial charge in [-0.3, -0.25) is 0 Å². The van der Waals surface area contributed by atoms with Crippen molar-refractivity contribution in [3.8, 4) is 0 Å². The first-order valence-corrected chi connectivity index (χ1v) is 6.51. The molecule has 0 amide bonds. The van der Waals surface area contributed by atoms with Gasteiger partial charge in [0.2, 0.25) is 0 Å². The van der Waals surface area contributed by atoms with Crippen LogP contribution >= 0.6 is 23.5 Å². The van der Waals surface area contributed by atoms with E-state index in [1.165, 1.54) is 4.90 Å². The van der Waals surface area contributed by atoms with Crippen LogP contribution in [0.1, 0.15) is 0 Å². The van der Waals surface area contributed by atoms with Gasteiger partial charge in [-0.15, -0.1) is 0 Å². The molecule has 0 aliphatic carbocycles. The predicted octanol–water partition coefficient (Wildman–Crippen LogP) is 3.35. The first-order chi connectivity index (χ1) is 7.38. The number of nitrogens with zero attached hydrogens (tertiary/aromatic N) is 2. The molecule has 2 nitrogen and oxygen atoms in total. The van der Waals surface area contributed by atoms with Gasteiger partial charge in [-0.05, 0) is 18.4 Å². The van der Waals surface area contributed by atoms with E-state index in [1.807, 2.05) is 36.8 Å². The maximum absolute atomic E-state index is 4.22. The minimum Gasteiger partial charge on any atom is -0.230 e. The van der Waals surface area contributed by atoms with Gasteiger partial charge in [0.1, 0.15) is 0 Å². The molecule has 1 aromatic carbocycles. The highest BCUT2D eigenvalue weighted by molar-refractivity contribution is 7.99. The van der Waals surface area contributed by atoms with Crippen LogP contribution in [-0.2, 0) is 0 Å². The lowest BCUT2D eigenvalue weighted by atomic mass is 10.4. The van der Waals surface area contributed by atoms with Gasteiger partial charge >= 0.3 is 0 Å². The molecular weight excluding hydrogens is 224 g/mol. The van der Waals surface area contributed by atoms with E-state index in [2.05, 4.69) is 22.1 Å². The second-order valence-electron chi connectivity index (χ2n) is 2.82. The molecule has 2 rings (SSSR count). The zero-order chi connectivity index (χ0) is 10.5.